The molecule has 0 saturated heterocycles. The van der Waals surface area contributed by atoms with Crippen LogP contribution in [-0.2, 0) is 16.6 Å². The highest BCUT2D eigenvalue weighted by atomic mass is 35.5. The van der Waals surface area contributed by atoms with Gasteiger partial charge in [-0.15, -0.1) is 0 Å². The second-order valence-corrected chi connectivity index (χ2v) is 7.81. The average Bonchev–Trinajstić information content (AvgIpc) is 2.43. The van der Waals surface area contributed by atoms with Crippen LogP contribution in [0.25, 0.3) is 0 Å². The van der Waals surface area contributed by atoms with Crippen molar-refractivity contribution in [2.24, 2.45) is 5.73 Å². The second-order valence-electron chi connectivity index (χ2n) is 4.50. The van der Waals surface area contributed by atoms with Gasteiger partial charge >= 0.3 is 0 Å². The minimum atomic E-state index is -3.53. The van der Waals surface area contributed by atoms with E-state index < -0.39 is 10.0 Å². The summed E-state index contributed by atoms with van der Waals surface area (Å²) in [6.45, 7) is 2.27. The van der Waals surface area contributed by atoms with Crippen molar-refractivity contribution in [3.8, 4) is 0 Å². The number of nitrogens with two attached hydrogens (primary N) is 1. The van der Waals surface area contributed by atoms with Gasteiger partial charge in [0, 0.05) is 30.4 Å². The van der Waals surface area contributed by atoms with E-state index in [2.05, 4.69) is 0 Å². The zero-order valence-corrected chi connectivity index (χ0v) is 14.4. The maximum absolute atomic E-state index is 12.6. The second kappa shape index (κ2) is 7.66. The van der Waals surface area contributed by atoms with Crippen LogP contribution in [0, 0.1) is 0 Å². The molecule has 1 atom stereocenters. The van der Waals surface area contributed by atoms with Crippen molar-refractivity contribution >= 4 is 33.4 Å². The molecule has 1 unspecified atom stereocenters. The normalized spacial score (nSPS) is 13.7. The quantitative estimate of drug-likeness (QED) is 0.831. The first kappa shape index (κ1) is 17.8. The van der Waals surface area contributed by atoms with E-state index in [0.29, 0.717) is 11.6 Å². The Kier molecular flexibility index (Phi) is 6.81. The lowest BCUT2D eigenvalue weighted by Gasteiger charge is -2.26. The summed E-state index contributed by atoms with van der Waals surface area (Å²) < 4.78 is 26.6. The van der Waals surface area contributed by atoms with Crippen LogP contribution in [0.15, 0.2) is 23.1 Å². The Bertz CT molecular complexity index is 549. The molecule has 2 N–H and O–H groups in total. The first-order valence-corrected chi connectivity index (χ1v) is 9.55. The highest BCUT2D eigenvalue weighted by molar-refractivity contribution is 7.98. The molecule has 0 aliphatic heterocycles. The lowest BCUT2D eigenvalue weighted by Crippen LogP contribution is -2.38. The zero-order chi connectivity index (χ0) is 15.3. The maximum atomic E-state index is 12.6. The van der Waals surface area contributed by atoms with Gasteiger partial charge < -0.3 is 5.73 Å². The Balaban J connectivity index is 3.12. The molecule has 0 spiro atoms. The Morgan fingerprint density at radius 3 is 2.55 bits per heavy atom. The molecule has 1 aromatic rings. The highest BCUT2D eigenvalue weighted by Crippen LogP contribution is 2.24. The van der Waals surface area contributed by atoms with Crippen LogP contribution in [-0.4, -0.2) is 37.8 Å². The molecular weight excluding hydrogens is 316 g/mol. The Morgan fingerprint density at radius 2 is 2.10 bits per heavy atom. The van der Waals surface area contributed by atoms with E-state index in [1.165, 1.54) is 10.4 Å². The third-order valence-electron chi connectivity index (χ3n) is 3.27. The molecule has 4 nitrogen and oxygen atoms in total. The number of halogens is 1. The molecule has 1 aromatic carbocycles. The number of nitrogens with zero attached hydrogens (tertiary/aromatic N) is 1. The van der Waals surface area contributed by atoms with Crippen molar-refractivity contribution in [2.45, 2.75) is 30.8 Å². The maximum Gasteiger partial charge on any atom is 0.243 e. The molecule has 1 rings (SSSR count). The number of hydrogen-bond donors (Lipinski definition) is 1. The number of sulfonamides is 1. The minimum absolute atomic E-state index is 0.0250. The summed E-state index contributed by atoms with van der Waals surface area (Å²) >= 11 is 7.68. The van der Waals surface area contributed by atoms with Crippen LogP contribution >= 0.6 is 23.4 Å². The summed E-state index contributed by atoms with van der Waals surface area (Å²) in [5.74, 6) is 0.765. The van der Waals surface area contributed by atoms with Crippen molar-refractivity contribution < 1.29 is 8.42 Å². The fraction of sp³-hybridized carbons (Fsp3) is 0.538. The molecule has 0 fully saturated rings. The number of rotatable bonds is 7. The monoisotopic (exact) mass is 336 g/mol. The topological polar surface area (TPSA) is 63.4 Å². The molecule has 0 aliphatic carbocycles. The summed E-state index contributed by atoms with van der Waals surface area (Å²) in [5, 5.41) is 0.389. The summed E-state index contributed by atoms with van der Waals surface area (Å²) in [5.41, 5.74) is 6.27. The summed E-state index contributed by atoms with van der Waals surface area (Å²) in [6, 6.07) is 4.68. The Hall–Kier alpha value is -0.270. The molecule has 0 bridgehead atoms. The van der Waals surface area contributed by atoms with E-state index in [0.717, 1.165) is 17.7 Å². The van der Waals surface area contributed by atoms with Gasteiger partial charge in [0.2, 0.25) is 10.0 Å². The molecule has 0 aromatic heterocycles. The summed E-state index contributed by atoms with van der Waals surface area (Å²) in [4.78, 5) is 0.210. The van der Waals surface area contributed by atoms with Crippen LogP contribution in [0.2, 0.25) is 5.02 Å². The van der Waals surface area contributed by atoms with Gasteiger partial charge in [-0.2, -0.15) is 16.1 Å². The van der Waals surface area contributed by atoms with E-state index >= 15 is 0 Å². The zero-order valence-electron chi connectivity index (χ0n) is 12.0. The van der Waals surface area contributed by atoms with Gasteiger partial charge in [-0.3, -0.25) is 0 Å². The van der Waals surface area contributed by atoms with E-state index in [-0.39, 0.29) is 10.9 Å². The van der Waals surface area contributed by atoms with Crippen LogP contribution in [0.4, 0.5) is 0 Å². The van der Waals surface area contributed by atoms with Gasteiger partial charge in [0.1, 0.15) is 0 Å². The van der Waals surface area contributed by atoms with Gasteiger partial charge in [0.25, 0.3) is 0 Å². The Morgan fingerprint density at radius 1 is 1.45 bits per heavy atom. The summed E-state index contributed by atoms with van der Waals surface area (Å²) in [7, 11) is -1.91. The van der Waals surface area contributed by atoms with E-state index in [4.69, 9.17) is 17.3 Å². The fourth-order valence-electron chi connectivity index (χ4n) is 1.89. The number of thioether (sulfide) groups is 1. The van der Waals surface area contributed by atoms with E-state index in [1.807, 2.05) is 13.2 Å². The average molecular weight is 337 g/mol. The smallest absolute Gasteiger partial charge is 0.243 e. The molecule has 0 heterocycles. The van der Waals surface area contributed by atoms with Crippen molar-refractivity contribution in [3.63, 3.8) is 0 Å². The van der Waals surface area contributed by atoms with Gasteiger partial charge in [-0.1, -0.05) is 24.6 Å². The van der Waals surface area contributed by atoms with Gasteiger partial charge in [-0.05, 0) is 30.4 Å². The third-order valence-corrected chi connectivity index (χ3v) is 6.24. The van der Waals surface area contributed by atoms with Gasteiger partial charge in [-0.25, -0.2) is 8.42 Å². The van der Waals surface area contributed by atoms with Gasteiger partial charge in [0.05, 0.1) is 4.90 Å². The molecule has 0 saturated carbocycles. The van der Waals surface area contributed by atoms with Crippen molar-refractivity contribution in [1.29, 1.82) is 0 Å². The van der Waals surface area contributed by atoms with Crippen LogP contribution < -0.4 is 5.73 Å². The predicted molar refractivity (Wildman–Crippen MR) is 86.8 cm³/mol. The lowest BCUT2D eigenvalue weighted by atomic mass is 10.2. The van der Waals surface area contributed by atoms with Crippen molar-refractivity contribution in [3.05, 3.63) is 28.8 Å². The summed E-state index contributed by atoms with van der Waals surface area (Å²) in [6.07, 6.45) is 2.74. The SMILES string of the molecule is CCC(CSC)N(C)S(=O)(=O)c1ccc(CN)c(Cl)c1. The molecule has 0 aliphatic rings. The third kappa shape index (κ3) is 3.89. The van der Waals surface area contributed by atoms with Crippen LogP contribution in [0.3, 0.4) is 0 Å². The number of hydrogen-bond acceptors (Lipinski definition) is 4. The van der Waals surface area contributed by atoms with E-state index in [1.54, 1.807) is 30.9 Å². The fourth-order valence-corrected chi connectivity index (χ4v) is 4.61. The first-order valence-electron chi connectivity index (χ1n) is 6.33. The van der Waals surface area contributed by atoms with E-state index in [9.17, 15) is 8.42 Å². The van der Waals surface area contributed by atoms with Crippen molar-refractivity contribution in [1.82, 2.24) is 4.31 Å². The van der Waals surface area contributed by atoms with Crippen LogP contribution in [0.1, 0.15) is 18.9 Å². The Labute approximate surface area is 130 Å². The standard InChI is InChI=1S/C13H21ClN2O2S2/c1-4-11(9-19-3)16(2)20(17,18)12-6-5-10(8-15)13(14)7-12/h5-7,11H,4,8-9,15H2,1-3H3. The predicted octanol–water partition coefficient (Wildman–Crippen LogP) is 2.56. The molecule has 20 heavy (non-hydrogen) atoms. The minimum Gasteiger partial charge on any atom is -0.326 e. The van der Waals surface area contributed by atoms with Gasteiger partial charge in [0.15, 0.2) is 0 Å². The lowest BCUT2D eigenvalue weighted by molar-refractivity contribution is 0.385. The first-order chi connectivity index (χ1) is 9.38. The van der Waals surface area contributed by atoms with Crippen molar-refractivity contribution in [2.75, 3.05) is 19.1 Å². The molecular formula is C13H21ClN2O2S2. The van der Waals surface area contributed by atoms with Crippen LogP contribution in [0.5, 0.6) is 0 Å². The molecule has 114 valence electrons. The molecule has 7 heteroatoms. The highest BCUT2D eigenvalue weighted by Gasteiger charge is 2.27. The molecule has 0 radical (unpaired) electrons. The molecule has 0 amide bonds. The number of benzene rings is 1. The largest absolute Gasteiger partial charge is 0.326 e.